The molecule has 3 rings (SSSR count). The lowest BCUT2D eigenvalue weighted by Crippen LogP contribution is -2.28. The third-order valence-corrected chi connectivity index (χ3v) is 3.72. The topological polar surface area (TPSA) is 38.8 Å². The van der Waals surface area contributed by atoms with Crippen molar-refractivity contribution in [3.8, 4) is 11.5 Å². The summed E-state index contributed by atoms with van der Waals surface area (Å²) in [4.78, 5) is 14.2. The molecule has 118 valence electrons. The number of benzene rings is 2. The van der Waals surface area contributed by atoms with Gasteiger partial charge in [-0.2, -0.15) is 0 Å². The van der Waals surface area contributed by atoms with Crippen molar-refractivity contribution in [3.63, 3.8) is 0 Å². The average Bonchev–Trinajstić information content (AvgIpc) is 3.06. The molecule has 4 nitrogen and oxygen atoms in total. The second kappa shape index (κ2) is 7.01. The van der Waals surface area contributed by atoms with Crippen LogP contribution >= 0.6 is 0 Å². The molecule has 4 heteroatoms. The lowest BCUT2D eigenvalue weighted by atomic mass is 10.1. The third kappa shape index (κ3) is 3.72. The number of carbonyl (C=O) groups excluding carboxylic acids is 1. The zero-order chi connectivity index (χ0) is 16.1. The normalized spacial score (nSPS) is 12.6. The monoisotopic (exact) mass is 309 g/mol. The van der Waals surface area contributed by atoms with E-state index in [1.54, 1.807) is 17.1 Å². The van der Waals surface area contributed by atoms with Crippen LogP contribution in [0.15, 0.2) is 54.6 Å². The van der Waals surface area contributed by atoms with Crippen LogP contribution in [0.4, 0.5) is 0 Å². The van der Waals surface area contributed by atoms with E-state index in [0.29, 0.717) is 13.1 Å². The Morgan fingerprint density at radius 3 is 2.70 bits per heavy atom. The van der Waals surface area contributed by atoms with Gasteiger partial charge in [-0.25, -0.2) is 0 Å². The molecule has 0 unspecified atom stereocenters. The number of hydrogen-bond acceptors (Lipinski definition) is 3. The van der Waals surface area contributed by atoms with Gasteiger partial charge in [-0.3, -0.25) is 4.79 Å². The van der Waals surface area contributed by atoms with Gasteiger partial charge in [0.25, 0.3) is 0 Å². The molecule has 0 spiro atoms. The van der Waals surface area contributed by atoms with Crippen molar-refractivity contribution in [1.29, 1.82) is 0 Å². The van der Waals surface area contributed by atoms with Crippen LogP contribution in [0.5, 0.6) is 11.5 Å². The summed E-state index contributed by atoms with van der Waals surface area (Å²) in [7, 11) is 0. The summed E-state index contributed by atoms with van der Waals surface area (Å²) in [6, 6.07) is 15.6. The van der Waals surface area contributed by atoms with Crippen molar-refractivity contribution in [2.75, 3.05) is 13.3 Å². The molecule has 1 aliphatic rings. The lowest BCUT2D eigenvalue weighted by Gasteiger charge is -2.19. The fourth-order valence-corrected chi connectivity index (χ4v) is 2.44. The molecule has 2 aromatic rings. The van der Waals surface area contributed by atoms with Crippen LogP contribution in [0.2, 0.25) is 0 Å². The first-order chi connectivity index (χ1) is 11.3. The number of ether oxygens (including phenoxy) is 2. The van der Waals surface area contributed by atoms with Crippen LogP contribution in [0.1, 0.15) is 18.1 Å². The van der Waals surface area contributed by atoms with Crippen LogP contribution in [-0.2, 0) is 11.3 Å². The molecule has 0 saturated heterocycles. The number of carbonyl (C=O) groups is 1. The molecule has 1 amide bonds. The predicted molar refractivity (Wildman–Crippen MR) is 89.1 cm³/mol. The van der Waals surface area contributed by atoms with Gasteiger partial charge in [0.15, 0.2) is 11.5 Å². The zero-order valence-electron chi connectivity index (χ0n) is 13.1. The Hall–Kier alpha value is -2.75. The van der Waals surface area contributed by atoms with Crippen LogP contribution < -0.4 is 9.47 Å². The van der Waals surface area contributed by atoms with Gasteiger partial charge in [0.05, 0.1) is 0 Å². The highest BCUT2D eigenvalue weighted by atomic mass is 16.7. The number of rotatable bonds is 5. The zero-order valence-corrected chi connectivity index (χ0v) is 13.1. The van der Waals surface area contributed by atoms with E-state index in [-0.39, 0.29) is 12.7 Å². The van der Waals surface area contributed by atoms with Gasteiger partial charge in [-0.15, -0.1) is 0 Å². The fraction of sp³-hybridized carbons (Fsp3) is 0.211. The molecule has 0 fully saturated rings. The smallest absolute Gasteiger partial charge is 0.246 e. The number of amides is 1. The average molecular weight is 309 g/mol. The maximum absolute atomic E-state index is 12.4. The Morgan fingerprint density at radius 2 is 1.91 bits per heavy atom. The molecule has 1 heterocycles. The highest BCUT2D eigenvalue weighted by Gasteiger charge is 2.13. The summed E-state index contributed by atoms with van der Waals surface area (Å²) in [6.07, 6.45) is 3.40. The minimum Gasteiger partial charge on any atom is -0.454 e. The van der Waals surface area contributed by atoms with E-state index in [1.807, 2.05) is 55.5 Å². The Labute approximate surface area is 135 Å². The number of hydrogen-bond donors (Lipinski definition) is 0. The molecule has 23 heavy (non-hydrogen) atoms. The minimum atomic E-state index is -0.00554. The second-order valence-electron chi connectivity index (χ2n) is 5.28. The third-order valence-electron chi connectivity index (χ3n) is 3.72. The molecule has 0 N–H and O–H groups in total. The minimum absolute atomic E-state index is 0.00554. The molecule has 0 saturated carbocycles. The van der Waals surface area contributed by atoms with E-state index in [0.717, 1.165) is 22.6 Å². The second-order valence-corrected chi connectivity index (χ2v) is 5.28. The fourth-order valence-electron chi connectivity index (χ4n) is 2.44. The van der Waals surface area contributed by atoms with Crippen molar-refractivity contribution in [2.45, 2.75) is 13.5 Å². The first kappa shape index (κ1) is 15.2. The van der Waals surface area contributed by atoms with Crippen molar-refractivity contribution in [2.24, 2.45) is 0 Å². The summed E-state index contributed by atoms with van der Waals surface area (Å²) >= 11 is 0. The summed E-state index contributed by atoms with van der Waals surface area (Å²) in [5, 5.41) is 0. The van der Waals surface area contributed by atoms with Crippen molar-refractivity contribution < 1.29 is 14.3 Å². The summed E-state index contributed by atoms with van der Waals surface area (Å²) < 4.78 is 10.6. The van der Waals surface area contributed by atoms with Crippen LogP contribution in [0.25, 0.3) is 6.08 Å². The van der Waals surface area contributed by atoms with Crippen molar-refractivity contribution >= 4 is 12.0 Å². The van der Waals surface area contributed by atoms with Crippen LogP contribution in [0, 0.1) is 0 Å². The molecule has 1 aliphatic heterocycles. The molecule has 0 atom stereocenters. The highest BCUT2D eigenvalue weighted by molar-refractivity contribution is 5.91. The van der Waals surface area contributed by atoms with E-state index in [1.165, 1.54) is 0 Å². The van der Waals surface area contributed by atoms with Gasteiger partial charge in [-0.05, 0) is 36.3 Å². The van der Waals surface area contributed by atoms with Gasteiger partial charge < -0.3 is 14.4 Å². The number of fused-ring (bicyclic) bond motifs is 1. The van der Waals surface area contributed by atoms with Crippen molar-refractivity contribution in [1.82, 2.24) is 4.90 Å². The first-order valence-corrected chi connectivity index (χ1v) is 7.67. The van der Waals surface area contributed by atoms with E-state index < -0.39 is 0 Å². The summed E-state index contributed by atoms with van der Waals surface area (Å²) in [5.74, 6) is 1.46. The summed E-state index contributed by atoms with van der Waals surface area (Å²) in [6.45, 7) is 3.51. The molecule has 2 aromatic carbocycles. The first-order valence-electron chi connectivity index (χ1n) is 7.67. The Balaban J connectivity index is 1.67. The molecular weight excluding hydrogens is 290 g/mol. The molecule has 0 aromatic heterocycles. The Bertz CT molecular complexity index is 710. The number of likely N-dealkylation sites (N-methyl/N-ethyl adjacent to an activating group) is 1. The van der Waals surface area contributed by atoms with E-state index in [9.17, 15) is 4.79 Å². The van der Waals surface area contributed by atoms with Crippen molar-refractivity contribution in [3.05, 3.63) is 65.7 Å². The van der Waals surface area contributed by atoms with Gasteiger partial charge in [-0.1, -0.05) is 36.4 Å². The quantitative estimate of drug-likeness (QED) is 0.794. The van der Waals surface area contributed by atoms with Crippen LogP contribution in [0.3, 0.4) is 0 Å². The van der Waals surface area contributed by atoms with Gasteiger partial charge >= 0.3 is 0 Å². The van der Waals surface area contributed by atoms with E-state index in [4.69, 9.17) is 9.47 Å². The molecule has 0 aliphatic carbocycles. The molecule has 0 bridgehead atoms. The van der Waals surface area contributed by atoms with Gasteiger partial charge in [0, 0.05) is 19.2 Å². The summed E-state index contributed by atoms with van der Waals surface area (Å²) in [5.41, 5.74) is 2.04. The number of nitrogens with zero attached hydrogens (tertiary/aromatic N) is 1. The maximum atomic E-state index is 12.4. The highest BCUT2D eigenvalue weighted by Crippen LogP contribution is 2.32. The van der Waals surface area contributed by atoms with E-state index in [2.05, 4.69) is 0 Å². The van der Waals surface area contributed by atoms with E-state index >= 15 is 0 Å². The Morgan fingerprint density at radius 1 is 1.13 bits per heavy atom. The predicted octanol–water partition coefficient (Wildman–Crippen LogP) is 3.48. The standard InChI is InChI=1S/C19H19NO3/c1-2-20(13-16-6-4-3-5-7-16)19(21)11-9-15-8-10-17-18(12-15)23-14-22-17/h3-12H,2,13-14H2,1H3. The Kier molecular flexibility index (Phi) is 4.62. The largest absolute Gasteiger partial charge is 0.454 e. The van der Waals surface area contributed by atoms with Crippen LogP contribution in [-0.4, -0.2) is 24.1 Å². The lowest BCUT2D eigenvalue weighted by molar-refractivity contribution is -0.126. The molecule has 0 radical (unpaired) electrons. The SMILES string of the molecule is CCN(Cc1ccccc1)C(=O)C=Cc1ccc2c(c1)OCO2. The van der Waals surface area contributed by atoms with Gasteiger partial charge in [0.1, 0.15) is 0 Å². The molecular formula is C19H19NO3. The van der Waals surface area contributed by atoms with Gasteiger partial charge in [0.2, 0.25) is 12.7 Å². The maximum Gasteiger partial charge on any atom is 0.246 e.